The van der Waals surface area contributed by atoms with Crippen LogP contribution in [-0.4, -0.2) is 6.61 Å². The molecule has 0 unspecified atom stereocenters. The van der Waals surface area contributed by atoms with Crippen molar-refractivity contribution in [1.29, 1.82) is 0 Å². The van der Waals surface area contributed by atoms with Crippen LogP contribution in [0.2, 0.25) is 5.02 Å². The van der Waals surface area contributed by atoms with Crippen molar-refractivity contribution < 1.29 is 13.5 Å². The molecule has 0 saturated heterocycles. The predicted molar refractivity (Wildman–Crippen MR) is 72.2 cm³/mol. The van der Waals surface area contributed by atoms with Gasteiger partial charge in [-0.2, -0.15) is 8.78 Å². The van der Waals surface area contributed by atoms with Crippen molar-refractivity contribution in [2.24, 2.45) is 0 Å². The first-order chi connectivity index (χ1) is 9.08. The van der Waals surface area contributed by atoms with E-state index in [0.717, 1.165) is 0 Å². The zero-order chi connectivity index (χ0) is 13.8. The monoisotopic (exact) mass is 284 g/mol. The lowest BCUT2D eigenvalue weighted by atomic mass is 10.2. The Morgan fingerprint density at radius 1 is 1.11 bits per heavy atom. The number of halogens is 3. The van der Waals surface area contributed by atoms with Crippen LogP contribution in [0.1, 0.15) is 0 Å². The molecule has 0 fully saturated rings. The van der Waals surface area contributed by atoms with E-state index in [1.807, 2.05) is 0 Å². The van der Waals surface area contributed by atoms with E-state index in [1.165, 1.54) is 6.07 Å². The first kappa shape index (κ1) is 13.4. The molecular weight excluding hydrogens is 274 g/mol. The number of nitrogens with two attached hydrogens (primary N) is 1. The van der Waals surface area contributed by atoms with Gasteiger partial charge < -0.3 is 15.8 Å². The highest BCUT2D eigenvalue weighted by Gasteiger charge is 2.11. The van der Waals surface area contributed by atoms with E-state index >= 15 is 0 Å². The van der Waals surface area contributed by atoms with Crippen LogP contribution < -0.4 is 15.8 Å². The van der Waals surface area contributed by atoms with Gasteiger partial charge in [-0.3, -0.25) is 0 Å². The Balaban J connectivity index is 2.33. The van der Waals surface area contributed by atoms with Crippen LogP contribution >= 0.6 is 11.6 Å². The number of nitrogens with one attached hydrogen (secondary N) is 1. The Hall–Kier alpha value is -2.01. The highest BCUT2D eigenvalue weighted by molar-refractivity contribution is 6.34. The standard InChI is InChI=1S/C13H11ClF2N2O/c14-8-4-3-5-9(17)12(8)18-10-6-1-2-7-11(10)19-13(15)16/h1-7,13,18H,17H2. The van der Waals surface area contributed by atoms with E-state index in [1.54, 1.807) is 36.4 Å². The number of para-hydroxylation sites is 3. The molecule has 0 atom stereocenters. The fraction of sp³-hybridized carbons (Fsp3) is 0.0769. The van der Waals surface area contributed by atoms with E-state index in [9.17, 15) is 8.78 Å². The lowest BCUT2D eigenvalue weighted by Gasteiger charge is -2.14. The fourth-order valence-electron chi connectivity index (χ4n) is 1.58. The molecule has 0 aliphatic rings. The summed E-state index contributed by atoms with van der Waals surface area (Å²) in [6.07, 6.45) is 0. The van der Waals surface area contributed by atoms with Gasteiger partial charge in [0.25, 0.3) is 0 Å². The molecule has 2 aromatic carbocycles. The van der Waals surface area contributed by atoms with Crippen LogP contribution in [0.25, 0.3) is 0 Å². The highest BCUT2D eigenvalue weighted by atomic mass is 35.5. The molecule has 6 heteroatoms. The van der Waals surface area contributed by atoms with Crippen molar-refractivity contribution in [3.05, 3.63) is 47.5 Å². The van der Waals surface area contributed by atoms with Crippen molar-refractivity contribution in [3.63, 3.8) is 0 Å². The Labute approximate surface area is 113 Å². The third-order valence-corrected chi connectivity index (χ3v) is 2.72. The van der Waals surface area contributed by atoms with Crippen molar-refractivity contribution in [1.82, 2.24) is 0 Å². The van der Waals surface area contributed by atoms with E-state index in [0.29, 0.717) is 22.1 Å². The van der Waals surface area contributed by atoms with Gasteiger partial charge in [-0.15, -0.1) is 0 Å². The van der Waals surface area contributed by atoms with Gasteiger partial charge in [0, 0.05) is 0 Å². The number of rotatable bonds is 4. The van der Waals surface area contributed by atoms with Crippen molar-refractivity contribution in [3.8, 4) is 5.75 Å². The summed E-state index contributed by atoms with van der Waals surface area (Å²) in [5.41, 5.74) is 7.02. The third-order valence-electron chi connectivity index (χ3n) is 2.41. The second kappa shape index (κ2) is 5.75. The van der Waals surface area contributed by atoms with E-state index in [4.69, 9.17) is 17.3 Å². The summed E-state index contributed by atoms with van der Waals surface area (Å²) in [7, 11) is 0. The normalized spacial score (nSPS) is 10.5. The highest BCUT2D eigenvalue weighted by Crippen LogP contribution is 2.35. The number of anilines is 3. The van der Waals surface area contributed by atoms with Gasteiger partial charge in [0.1, 0.15) is 5.75 Å². The van der Waals surface area contributed by atoms with Gasteiger partial charge in [0.2, 0.25) is 0 Å². The number of hydrogen-bond acceptors (Lipinski definition) is 3. The second-order valence-corrected chi connectivity index (χ2v) is 4.11. The quantitative estimate of drug-likeness (QED) is 0.824. The average molecular weight is 285 g/mol. The lowest BCUT2D eigenvalue weighted by Crippen LogP contribution is -2.05. The largest absolute Gasteiger partial charge is 0.433 e. The Morgan fingerprint density at radius 2 is 1.84 bits per heavy atom. The van der Waals surface area contributed by atoms with Gasteiger partial charge in [0.05, 0.1) is 22.1 Å². The number of alkyl halides is 2. The molecule has 0 saturated carbocycles. The van der Waals surface area contributed by atoms with Crippen LogP contribution in [0.4, 0.5) is 25.8 Å². The maximum atomic E-state index is 12.3. The van der Waals surface area contributed by atoms with Gasteiger partial charge in [-0.1, -0.05) is 29.8 Å². The summed E-state index contributed by atoms with van der Waals surface area (Å²) in [5, 5.41) is 3.29. The molecule has 0 aliphatic heterocycles. The number of nitrogen functional groups attached to an aromatic ring is 1. The molecule has 0 bridgehead atoms. The summed E-state index contributed by atoms with van der Waals surface area (Å²) in [4.78, 5) is 0. The molecular formula is C13H11ClF2N2O. The average Bonchev–Trinajstić information content (AvgIpc) is 2.35. The van der Waals surface area contributed by atoms with E-state index in [-0.39, 0.29) is 5.75 Å². The molecule has 3 nitrogen and oxygen atoms in total. The Bertz CT molecular complexity index is 558. The second-order valence-electron chi connectivity index (χ2n) is 3.70. The van der Waals surface area contributed by atoms with Gasteiger partial charge >= 0.3 is 6.61 Å². The van der Waals surface area contributed by atoms with Gasteiger partial charge in [-0.25, -0.2) is 0 Å². The first-order valence-corrected chi connectivity index (χ1v) is 5.80. The molecule has 100 valence electrons. The Morgan fingerprint density at radius 3 is 2.53 bits per heavy atom. The predicted octanol–water partition coefficient (Wildman–Crippen LogP) is 4.27. The summed E-state index contributed by atoms with van der Waals surface area (Å²) >= 11 is 6.01. The topological polar surface area (TPSA) is 47.3 Å². The zero-order valence-corrected chi connectivity index (χ0v) is 10.5. The number of hydrogen-bond donors (Lipinski definition) is 2. The summed E-state index contributed by atoms with van der Waals surface area (Å²) in [6, 6.07) is 11.3. The lowest BCUT2D eigenvalue weighted by molar-refractivity contribution is -0.0493. The van der Waals surface area contributed by atoms with Gasteiger partial charge in [-0.05, 0) is 24.3 Å². The molecule has 19 heavy (non-hydrogen) atoms. The van der Waals surface area contributed by atoms with E-state index < -0.39 is 6.61 Å². The van der Waals surface area contributed by atoms with Crippen LogP contribution in [-0.2, 0) is 0 Å². The first-order valence-electron chi connectivity index (χ1n) is 5.43. The molecule has 2 aromatic rings. The van der Waals surface area contributed by atoms with Crippen LogP contribution in [0, 0.1) is 0 Å². The van der Waals surface area contributed by atoms with Crippen LogP contribution in [0.3, 0.4) is 0 Å². The summed E-state index contributed by atoms with van der Waals surface area (Å²) < 4.78 is 29.0. The fourth-order valence-corrected chi connectivity index (χ4v) is 1.81. The minimum Gasteiger partial charge on any atom is -0.433 e. The minimum atomic E-state index is -2.90. The molecule has 2 rings (SSSR count). The van der Waals surface area contributed by atoms with Crippen LogP contribution in [0.5, 0.6) is 5.75 Å². The van der Waals surface area contributed by atoms with Crippen LogP contribution in [0.15, 0.2) is 42.5 Å². The molecule has 0 radical (unpaired) electrons. The number of benzene rings is 2. The van der Waals surface area contributed by atoms with E-state index in [2.05, 4.69) is 10.1 Å². The minimum absolute atomic E-state index is 0.0248. The van der Waals surface area contributed by atoms with Crippen molar-refractivity contribution in [2.75, 3.05) is 11.1 Å². The SMILES string of the molecule is Nc1cccc(Cl)c1Nc1ccccc1OC(F)F. The smallest absolute Gasteiger partial charge is 0.387 e. The molecule has 0 heterocycles. The summed E-state index contributed by atoms with van der Waals surface area (Å²) in [5.74, 6) is 0.0248. The molecule has 0 aliphatic carbocycles. The summed E-state index contributed by atoms with van der Waals surface area (Å²) in [6.45, 7) is -2.90. The molecule has 0 aromatic heterocycles. The third kappa shape index (κ3) is 3.26. The van der Waals surface area contributed by atoms with Crippen molar-refractivity contribution in [2.45, 2.75) is 6.61 Å². The van der Waals surface area contributed by atoms with Crippen molar-refractivity contribution >= 4 is 28.7 Å². The molecule has 0 spiro atoms. The molecule has 3 N–H and O–H groups in total. The maximum Gasteiger partial charge on any atom is 0.387 e. The maximum absolute atomic E-state index is 12.3. The zero-order valence-electron chi connectivity index (χ0n) is 9.74. The van der Waals surface area contributed by atoms with Gasteiger partial charge in [0.15, 0.2) is 0 Å². The molecule has 0 amide bonds. The Kier molecular flexibility index (Phi) is 4.06. The number of ether oxygens (including phenoxy) is 1.